The van der Waals surface area contributed by atoms with Crippen LogP contribution in [0.5, 0.6) is 0 Å². The van der Waals surface area contributed by atoms with Gasteiger partial charge in [-0.1, -0.05) is 73.1 Å². The number of piperidine rings is 1. The average molecular weight is 643 g/mol. The third-order valence-corrected chi connectivity index (χ3v) is 9.06. The van der Waals surface area contributed by atoms with Gasteiger partial charge in [0.1, 0.15) is 18.0 Å². The van der Waals surface area contributed by atoms with Crippen molar-refractivity contribution in [3.8, 4) is 11.1 Å². The van der Waals surface area contributed by atoms with E-state index in [1.807, 2.05) is 52.0 Å². The summed E-state index contributed by atoms with van der Waals surface area (Å²) >= 11 is 6.51. The van der Waals surface area contributed by atoms with Crippen LogP contribution in [-0.4, -0.2) is 51.9 Å². The van der Waals surface area contributed by atoms with Gasteiger partial charge in [0.25, 0.3) is 5.56 Å². The summed E-state index contributed by atoms with van der Waals surface area (Å²) in [6.07, 6.45) is 0.553. The summed E-state index contributed by atoms with van der Waals surface area (Å²) in [5.41, 5.74) is 4.15. The molecule has 46 heavy (non-hydrogen) atoms. The number of nitrogens with one attached hydrogen (secondary N) is 1. The minimum atomic E-state index is -0.601. The van der Waals surface area contributed by atoms with Crippen LogP contribution in [-0.2, 0) is 9.47 Å². The Morgan fingerprint density at radius 1 is 0.978 bits per heavy atom. The molecule has 4 aromatic rings. The van der Waals surface area contributed by atoms with Crippen LogP contribution in [0.25, 0.3) is 22.0 Å². The molecule has 10 heteroatoms. The Balaban J connectivity index is 1.24. The highest BCUT2D eigenvalue weighted by molar-refractivity contribution is 6.35. The number of alkyl carbamates (subject to hydrolysis) is 1. The third kappa shape index (κ3) is 6.20. The molecule has 0 spiro atoms. The highest BCUT2D eigenvalue weighted by Crippen LogP contribution is 2.44. The van der Waals surface area contributed by atoms with Gasteiger partial charge in [-0.25, -0.2) is 14.6 Å². The number of likely N-dealkylation sites (tertiary alicyclic amines) is 1. The zero-order valence-electron chi connectivity index (χ0n) is 26.6. The van der Waals surface area contributed by atoms with Crippen LogP contribution in [0.1, 0.15) is 81.9 Å². The summed E-state index contributed by atoms with van der Waals surface area (Å²) in [6, 6.07) is 20.7. The molecule has 0 unspecified atom stereocenters. The lowest BCUT2D eigenvalue weighted by Crippen LogP contribution is -2.44. The molecule has 1 aromatic heterocycles. The summed E-state index contributed by atoms with van der Waals surface area (Å²) in [7, 11) is 0. The predicted molar refractivity (Wildman–Crippen MR) is 178 cm³/mol. The molecule has 2 heterocycles. The average Bonchev–Trinajstić information content (AvgIpc) is 3.35. The van der Waals surface area contributed by atoms with E-state index in [0.29, 0.717) is 54.1 Å². The van der Waals surface area contributed by atoms with Crippen molar-refractivity contribution in [2.24, 2.45) is 0 Å². The second kappa shape index (κ2) is 12.8. The first-order valence-corrected chi connectivity index (χ1v) is 16.2. The van der Waals surface area contributed by atoms with Crippen molar-refractivity contribution < 1.29 is 19.1 Å². The van der Waals surface area contributed by atoms with Gasteiger partial charge in [-0.15, -0.1) is 0 Å². The SMILES string of the molecule is CC[C@H](NC(=O)OCC1c2ccccc2-c2ccccc21)c1nc2cccc(Cl)c2c(=O)n1C1CCN(C(=O)OC(C)(C)C)CC1. The maximum absolute atomic E-state index is 14.1. The van der Waals surface area contributed by atoms with Crippen molar-refractivity contribution in [3.05, 3.63) is 99.1 Å². The highest BCUT2D eigenvalue weighted by atomic mass is 35.5. The molecule has 3 aromatic carbocycles. The van der Waals surface area contributed by atoms with Crippen molar-refractivity contribution in [1.29, 1.82) is 0 Å². The van der Waals surface area contributed by atoms with Gasteiger partial charge in [-0.2, -0.15) is 0 Å². The number of amides is 2. The molecule has 0 bridgehead atoms. The van der Waals surface area contributed by atoms with Crippen LogP contribution in [0.15, 0.2) is 71.5 Å². The molecule has 2 amide bonds. The first-order chi connectivity index (χ1) is 22.1. The smallest absolute Gasteiger partial charge is 0.410 e. The van der Waals surface area contributed by atoms with Crippen molar-refractivity contribution in [2.75, 3.05) is 19.7 Å². The Morgan fingerprint density at radius 3 is 2.22 bits per heavy atom. The Bertz CT molecular complexity index is 1800. The number of rotatable bonds is 6. The Morgan fingerprint density at radius 2 is 1.61 bits per heavy atom. The van der Waals surface area contributed by atoms with Crippen LogP contribution >= 0.6 is 11.6 Å². The van der Waals surface area contributed by atoms with Crippen molar-refractivity contribution in [2.45, 2.75) is 70.6 Å². The fraction of sp³-hybridized carbons (Fsp3) is 0.389. The second-order valence-corrected chi connectivity index (χ2v) is 13.3. The summed E-state index contributed by atoms with van der Waals surface area (Å²) < 4.78 is 13.1. The van der Waals surface area contributed by atoms with E-state index < -0.39 is 17.7 Å². The van der Waals surface area contributed by atoms with E-state index in [9.17, 15) is 14.4 Å². The molecule has 1 fully saturated rings. The molecule has 9 nitrogen and oxygen atoms in total. The molecular formula is C36H39ClN4O5. The van der Waals surface area contributed by atoms with Gasteiger partial charge in [0.05, 0.1) is 22.0 Å². The fourth-order valence-electron chi connectivity index (χ4n) is 6.58. The Labute approximate surface area is 273 Å². The number of benzene rings is 3. The Hall–Kier alpha value is -4.37. The lowest BCUT2D eigenvalue weighted by molar-refractivity contribution is 0.0185. The summed E-state index contributed by atoms with van der Waals surface area (Å²) in [5.74, 6) is 0.360. The zero-order chi connectivity index (χ0) is 32.6. The van der Waals surface area contributed by atoms with Gasteiger partial charge in [0.15, 0.2) is 0 Å². The molecular weight excluding hydrogens is 604 g/mol. The molecule has 6 rings (SSSR count). The number of aromatic nitrogens is 2. The molecule has 1 aliphatic heterocycles. The quantitative estimate of drug-likeness (QED) is 0.232. The van der Waals surface area contributed by atoms with E-state index in [1.165, 1.54) is 0 Å². The number of nitrogens with zero attached hydrogens (tertiary/aromatic N) is 3. The normalized spacial score (nSPS) is 15.7. The molecule has 1 N–H and O–H groups in total. The maximum atomic E-state index is 14.1. The predicted octanol–water partition coefficient (Wildman–Crippen LogP) is 7.61. The second-order valence-electron chi connectivity index (χ2n) is 12.9. The molecule has 2 aliphatic rings. The lowest BCUT2D eigenvalue weighted by Gasteiger charge is -2.35. The van der Waals surface area contributed by atoms with Crippen molar-refractivity contribution in [1.82, 2.24) is 19.8 Å². The zero-order valence-corrected chi connectivity index (χ0v) is 27.3. The summed E-state index contributed by atoms with van der Waals surface area (Å²) in [4.78, 5) is 46.8. The van der Waals surface area contributed by atoms with Crippen LogP contribution in [0.2, 0.25) is 5.02 Å². The number of hydrogen-bond donors (Lipinski definition) is 1. The van der Waals surface area contributed by atoms with Crippen LogP contribution in [0, 0.1) is 0 Å². The van der Waals surface area contributed by atoms with E-state index in [4.69, 9.17) is 26.1 Å². The van der Waals surface area contributed by atoms with Gasteiger partial charge >= 0.3 is 12.2 Å². The van der Waals surface area contributed by atoms with Gasteiger partial charge in [0, 0.05) is 25.0 Å². The number of carbonyl (C=O) groups excluding carboxylic acids is 2. The molecule has 0 saturated carbocycles. The topological polar surface area (TPSA) is 103 Å². The van der Waals surface area contributed by atoms with Gasteiger partial charge in [0.2, 0.25) is 0 Å². The van der Waals surface area contributed by atoms with Gasteiger partial charge in [-0.3, -0.25) is 9.36 Å². The standard InChI is InChI=1S/C36H39ClN4O5/c1-5-29(39-34(43)45-21-27-25-13-8-6-11-23(25)24-12-7-9-14-26(24)27)32-38-30-16-10-15-28(37)31(30)33(42)41(32)22-17-19-40(20-18-22)35(44)46-36(2,3)4/h6-16,22,27,29H,5,17-21H2,1-4H3,(H,39,43)/t29-/m0/s1. The van der Waals surface area contributed by atoms with Gasteiger partial charge in [-0.05, 0) is 74.4 Å². The Kier molecular flexibility index (Phi) is 8.79. The van der Waals surface area contributed by atoms with Crippen LogP contribution in [0.4, 0.5) is 9.59 Å². The molecule has 0 radical (unpaired) electrons. The molecule has 240 valence electrons. The van der Waals surface area contributed by atoms with Gasteiger partial charge < -0.3 is 19.7 Å². The third-order valence-electron chi connectivity index (χ3n) is 8.74. The number of fused-ring (bicyclic) bond motifs is 4. The van der Waals surface area contributed by atoms with E-state index in [0.717, 1.165) is 22.3 Å². The summed E-state index contributed by atoms with van der Waals surface area (Å²) in [5, 5.41) is 3.64. The summed E-state index contributed by atoms with van der Waals surface area (Å²) in [6.45, 7) is 8.45. The first-order valence-electron chi connectivity index (χ1n) is 15.9. The largest absolute Gasteiger partial charge is 0.449 e. The maximum Gasteiger partial charge on any atom is 0.410 e. The molecule has 1 saturated heterocycles. The van der Waals surface area contributed by atoms with E-state index >= 15 is 0 Å². The minimum Gasteiger partial charge on any atom is -0.449 e. The highest BCUT2D eigenvalue weighted by Gasteiger charge is 2.33. The monoisotopic (exact) mass is 642 g/mol. The van der Waals surface area contributed by atoms with E-state index in [1.54, 1.807) is 27.7 Å². The number of halogens is 1. The van der Waals surface area contributed by atoms with Crippen LogP contribution in [0.3, 0.4) is 0 Å². The van der Waals surface area contributed by atoms with Crippen molar-refractivity contribution >= 4 is 34.7 Å². The molecule has 1 aliphatic carbocycles. The number of ether oxygens (including phenoxy) is 2. The number of carbonyl (C=O) groups is 2. The van der Waals surface area contributed by atoms with Crippen LogP contribution < -0.4 is 10.9 Å². The molecule has 1 atom stereocenters. The van der Waals surface area contributed by atoms with E-state index in [-0.39, 0.29) is 30.2 Å². The first kappa shape index (κ1) is 31.6. The minimum absolute atomic E-state index is 0.0764. The fourth-order valence-corrected chi connectivity index (χ4v) is 6.83. The van der Waals surface area contributed by atoms with E-state index in [2.05, 4.69) is 29.6 Å². The number of hydrogen-bond acceptors (Lipinski definition) is 6. The lowest BCUT2D eigenvalue weighted by atomic mass is 9.98. The van der Waals surface area contributed by atoms with Crippen molar-refractivity contribution in [3.63, 3.8) is 0 Å².